The second-order valence-electron chi connectivity index (χ2n) is 4.90. The van der Waals surface area contributed by atoms with Gasteiger partial charge in [0.25, 0.3) is 16.0 Å². The summed E-state index contributed by atoms with van der Waals surface area (Å²) in [7, 11) is -3.79. The summed E-state index contributed by atoms with van der Waals surface area (Å²) >= 11 is 0. The molecule has 0 spiro atoms. The number of aromatic nitrogens is 3. The van der Waals surface area contributed by atoms with Gasteiger partial charge in [0.05, 0.1) is 16.3 Å². The molecule has 21 heavy (non-hydrogen) atoms. The van der Waals surface area contributed by atoms with Crippen LogP contribution in [0.4, 0.5) is 11.6 Å². The Morgan fingerprint density at radius 1 is 1.00 bits per heavy atom. The summed E-state index contributed by atoms with van der Waals surface area (Å²) in [5, 5.41) is 7.61. The normalized spacial score (nSPS) is 11.4. The Balaban J connectivity index is 2.46. The molecule has 2 aromatic rings. The molecular formula is C13H17N5O2S. The summed E-state index contributed by atoms with van der Waals surface area (Å²) in [5.74, 6) is -0.0475. The monoisotopic (exact) mass is 307 g/mol. The topological polar surface area (TPSA) is 111 Å². The van der Waals surface area contributed by atoms with Crippen LogP contribution in [-0.2, 0) is 10.0 Å². The summed E-state index contributed by atoms with van der Waals surface area (Å²) in [5.41, 5.74) is 8.63. The average molecular weight is 307 g/mol. The smallest absolute Gasteiger partial charge is 0.264 e. The molecular weight excluding hydrogens is 290 g/mol. The van der Waals surface area contributed by atoms with Crippen LogP contribution in [0.5, 0.6) is 0 Å². The molecule has 0 unspecified atom stereocenters. The Hall–Kier alpha value is -2.22. The minimum absolute atomic E-state index is 0.0475. The van der Waals surface area contributed by atoms with E-state index in [2.05, 4.69) is 19.9 Å². The van der Waals surface area contributed by atoms with E-state index in [-0.39, 0.29) is 10.8 Å². The predicted octanol–water partition coefficient (Wildman–Crippen LogP) is 1.49. The van der Waals surface area contributed by atoms with Crippen molar-refractivity contribution in [2.24, 2.45) is 0 Å². The quantitative estimate of drug-likeness (QED) is 0.831. The molecule has 0 bridgehead atoms. The fourth-order valence-electron chi connectivity index (χ4n) is 2.08. The van der Waals surface area contributed by atoms with Gasteiger partial charge in [-0.05, 0) is 51.0 Å². The molecule has 0 amide bonds. The second kappa shape index (κ2) is 5.28. The number of nitrogens with two attached hydrogens (primary N) is 1. The van der Waals surface area contributed by atoms with Crippen molar-refractivity contribution in [2.75, 3.05) is 10.5 Å². The fourth-order valence-corrected chi connectivity index (χ4v) is 3.47. The van der Waals surface area contributed by atoms with Gasteiger partial charge in [0, 0.05) is 5.69 Å². The zero-order chi connectivity index (χ0) is 15.8. The molecule has 0 saturated heterocycles. The van der Waals surface area contributed by atoms with Crippen LogP contribution in [0, 0.1) is 27.7 Å². The molecule has 0 atom stereocenters. The van der Waals surface area contributed by atoms with Gasteiger partial charge in [-0.25, -0.2) is 18.1 Å². The highest BCUT2D eigenvalue weighted by Gasteiger charge is 2.21. The van der Waals surface area contributed by atoms with Gasteiger partial charge in [0.1, 0.15) is 0 Å². The molecule has 0 saturated carbocycles. The highest BCUT2D eigenvalue weighted by molar-refractivity contribution is 7.92. The van der Waals surface area contributed by atoms with Crippen molar-refractivity contribution in [1.82, 2.24) is 15.2 Å². The first-order valence-corrected chi connectivity index (χ1v) is 7.76. The molecule has 112 valence electrons. The van der Waals surface area contributed by atoms with Crippen molar-refractivity contribution in [1.29, 1.82) is 0 Å². The van der Waals surface area contributed by atoms with Gasteiger partial charge < -0.3 is 5.73 Å². The van der Waals surface area contributed by atoms with Crippen molar-refractivity contribution in [3.63, 3.8) is 0 Å². The van der Waals surface area contributed by atoms with E-state index in [1.165, 1.54) is 0 Å². The van der Waals surface area contributed by atoms with Crippen LogP contribution in [0.2, 0.25) is 0 Å². The fraction of sp³-hybridized carbons (Fsp3) is 0.308. The van der Waals surface area contributed by atoms with E-state index < -0.39 is 10.0 Å². The van der Waals surface area contributed by atoms with E-state index in [0.29, 0.717) is 28.2 Å². The zero-order valence-electron chi connectivity index (χ0n) is 12.3. The molecule has 0 aliphatic heterocycles. The number of rotatable bonds is 3. The third-order valence-electron chi connectivity index (χ3n) is 3.07. The predicted molar refractivity (Wildman–Crippen MR) is 80.4 cm³/mol. The summed E-state index contributed by atoms with van der Waals surface area (Å²) < 4.78 is 27.3. The molecule has 8 heteroatoms. The van der Waals surface area contributed by atoms with Gasteiger partial charge in [0.2, 0.25) is 0 Å². The summed E-state index contributed by atoms with van der Waals surface area (Å²) in [6.45, 7) is 6.87. The maximum absolute atomic E-state index is 12.5. The van der Waals surface area contributed by atoms with E-state index in [1.54, 1.807) is 39.8 Å². The first-order valence-electron chi connectivity index (χ1n) is 6.28. The number of nitrogens with zero attached hydrogens (tertiary/aromatic N) is 3. The van der Waals surface area contributed by atoms with Gasteiger partial charge in [-0.15, -0.1) is 5.10 Å². The first kappa shape index (κ1) is 15.2. The number of hydrogen-bond acceptors (Lipinski definition) is 6. The van der Waals surface area contributed by atoms with E-state index in [9.17, 15) is 8.42 Å². The average Bonchev–Trinajstić information content (AvgIpc) is 2.31. The maximum Gasteiger partial charge on any atom is 0.264 e. The number of nitrogens with one attached hydrogen (secondary N) is 1. The molecule has 3 N–H and O–H groups in total. The molecule has 1 aromatic heterocycles. The molecule has 1 aromatic carbocycles. The zero-order valence-corrected chi connectivity index (χ0v) is 13.1. The number of nitrogen functional groups attached to an aromatic ring is 1. The van der Waals surface area contributed by atoms with Gasteiger partial charge >= 0.3 is 0 Å². The molecule has 0 radical (unpaired) electrons. The standard InChI is InChI=1S/C13H17N5O2S/c1-7-5-11(14)6-8(2)12(7)21(19,20)18-13-15-9(3)10(4)16-17-13/h5-6H,14H2,1-4H3,(H,15,17,18). The van der Waals surface area contributed by atoms with E-state index in [4.69, 9.17) is 5.73 Å². The van der Waals surface area contributed by atoms with Crippen LogP contribution in [0.3, 0.4) is 0 Å². The van der Waals surface area contributed by atoms with Crippen LogP contribution >= 0.6 is 0 Å². The molecule has 7 nitrogen and oxygen atoms in total. The Morgan fingerprint density at radius 3 is 2.10 bits per heavy atom. The molecule has 0 aliphatic carbocycles. The molecule has 2 rings (SSSR count). The van der Waals surface area contributed by atoms with E-state index >= 15 is 0 Å². The number of sulfonamides is 1. The third kappa shape index (κ3) is 3.10. The number of benzene rings is 1. The van der Waals surface area contributed by atoms with E-state index in [1.807, 2.05) is 0 Å². The van der Waals surface area contributed by atoms with Crippen molar-refractivity contribution < 1.29 is 8.42 Å². The van der Waals surface area contributed by atoms with Crippen molar-refractivity contribution in [3.8, 4) is 0 Å². The lowest BCUT2D eigenvalue weighted by molar-refractivity contribution is 0.599. The van der Waals surface area contributed by atoms with Gasteiger partial charge in [-0.3, -0.25) is 0 Å². The lowest BCUT2D eigenvalue weighted by Crippen LogP contribution is -2.18. The summed E-state index contributed by atoms with van der Waals surface area (Å²) in [6, 6.07) is 3.22. The van der Waals surface area contributed by atoms with Crippen LogP contribution in [0.25, 0.3) is 0 Å². The molecule has 1 heterocycles. The Morgan fingerprint density at radius 2 is 1.57 bits per heavy atom. The Labute approximate surface area is 123 Å². The minimum Gasteiger partial charge on any atom is -0.399 e. The SMILES string of the molecule is Cc1cc(N)cc(C)c1S(=O)(=O)Nc1nnc(C)c(C)n1. The number of aryl methyl sites for hydroxylation is 4. The first-order chi connectivity index (χ1) is 9.70. The van der Waals surface area contributed by atoms with Crippen LogP contribution in [0.1, 0.15) is 22.5 Å². The summed E-state index contributed by atoms with van der Waals surface area (Å²) in [4.78, 5) is 4.25. The highest BCUT2D eigenvalue weighted by atomic mass is 32.2. The molecule has 0 aliphatic rings. The van der Waals surface area contributed by atoms with Crippen LogP contribution in [0.15, 0.2) is 17.0 Å². The van der Waals surface area contributed by atoms with Gasteiger partial charge in [-0.1, -0.05) is 0 Å². The van der Waals surface area contributed by atoms with Crippen molar-refractivity contribution in [2.45, 2.75) is 32.6 Å². The Kier molecular flexibility index (Phi) is 3.82. The van der Waals surface area contributed by atoms with Crippen molar-refractivity contribution >= 4 is 21.7 Å². The molecule has 0 fully saturated rings. The highest BCUT2D eigenvalue weighted by Crippen LogP contribution is 2.24. The van der Waals surface area contributed by atoms with Crippen molar-refractivity contribution in [3.05, 3.63) is 34.6 Å². The number of hydrogen-bond donors (Lipinski definition) is 2. The second-order valence-corrected chi connectivity index (χ2v) is 6.51. The number of anilines is 2. The summed E-state index contributed by atoms with van der Waals surface area (Å²) in [6.07, 6.45) is 0. The third-order valence-corrected chi connectivity index (χ3v) is 4.70. The minimum atomic E-state index is -3.79. The van der Waals surface area contributed by atoms with Crippen LogP contribution < -0.4 is 10.5 Å². The largest absolute Gasteiger partial charge is 0.399 e. The lowest BCUT2D eigenvalue weighted by atomic mass is 10.1. The maximum atomic E-state index is 12.5. The van der Waals surface area contributed by atoms with Crippen LogP contribution in [-0.4, -0.2) is 23.6 Å². The Bertz CT molecular complexity index is 779. The van der Waals surface area contributed by atoms with E-state index in [0.717, 1.165) is 0 Å². The van der Waals surface area contributed by atoms with Gasteiger partial charge in [0.15, 0.2) is 0 Å². The lowest BCUT2D eigenvalue weighted by Gasteiger charge is -2.12. The van der Waals surface area contributed by atoms with Gasteiger partial charge in [-0.2, -0.15) is 5.10 Å².